The first-order valence-corrected chi connectivity index (χ1v) is 6.47. The molecule has 0 heterocycles. The summed E-state index contributed by atoms with van der Waals surface area (Å²) >= 11 is 0. The van der Waals surface area contributed by atoms with Crippen LogP contribution in [0.15, 0.2) is 0 Å². The maximum absolute atomic E-state index is 9.97. The molecule has 2 N–H and O–H groups in total. The Morgan fingerprint density at radius 2 is 1.87 bits per heavy atom. The van der Waals surface area contributed by atoms with Crippen molar-refractivity contribution in [2.24, 2.45) is 0 Å². The molecule has 0 aliphatic rings. The average molecular weight is 215 g/mol. The van der Waals surface area contributed by atoms with Crippen LogP contribution in [0.25, 0.3) is 0 Å². The Hall–Kier alpha value is -0.0800. The predicted octanol–water partition coefficient (Wildman–Crippen LogP) is 3.10. The van der Waals surface area contributed by atoms with Crippen LogP contribution in [0.5, 0.6) is 0 Å². The van der Waals surface area contributed by atoms with Crippen LogP contribution < -0.4 is 5.32 Å². The third-order valence-electron chi connectivity index (χ3n) is 2.86. The van der Waals surface area contributed by atoms with E-state index in [0.717, 1.165) is 12.8 Å². The second-order valence-electron chi connectivity index (χ2n) is 5.02. The third kappa shape index (κ3) is 8.88. The fraction of sp³-hybridized carbons (Fsp3) is 1.00. The van der Waals surface area contributed by atoms with Crippen molar-refractivity contribution < 1.29 is 5.11 Å². The molecule has 0 radical (unpaired) electrons. The van der Waals surface area contributed by atoms with E-state index in [0.29, 0.717) is 12.6 Å². The minimum Gasteiger partial charge on any atom is -0.389 e. The number of aliphatic hydroxyl groups is 1. The summed E-state index contributed by atoms with van der Waals surface area (Å²) < 4.78 is 0. The summed E-state index contributed by atoms with van der Waals surface area (Å²) in [5.41, 5.74) is -0.534. The first-order chi connectivity index (χ1) is 7.02. The van der Waals surface area contributed by atoms with Crippen molar-refractivity contribution in [3.05, 3.63) is 0 Å². The number of hydrogen-bond acceptors (Lipinski definition) is 2. The average Bonchev–Trinajstić information content (AvgIpc) is 2.15. The number of hydrogen-bond donors (Lipinski definition) is 2. The molecule has 0 fully saturated rings. The van der Waals surface area contributed by atoms with Crippen LogP contribution >= 0.6 is 0 Å². The topological polar surface area (TPSA) is 32.3 Å². The van der Waals surface area contributed by atoms with Crippen LogP contribution in [0, 0.1) is 0 Å². The largest absolute Gasteiger partial charge is 0.389 e. The van der Waals surface area contributed by atoms with Gasteiger partial charge in [0.2, 0.25) is 0 Å². The lowest BCUT2D eigenvalue weighted by atomic mass is 10.00. The molecule has 0 bridgehead atoms. The van der Waals surface area contributed by atoms with Gasteiger partial charge in [-0.1, -0.05) is 39.5 Å². The highest BCUT2D eigenvalue weighted by atomic mass is 16.3. The van der Waals surface area contributed by atoms with Gasteiger partial charge in [0.15, 0.2) is 0 Å². The quantitative estimate of drug-likeness (QED) is 0.579. The molecule has 0 aromatic heterocycles. The standard InChI is InChI=1S/C13H29NO/c1-5-7-8-9-12(3)14-11-13(4,15)10-6-2/h12,14-15H,5-11H2,1-4H3. The summed E-state index contributed by atoms with van der Waals surface area (Å²) in [6.07, 6.45) is 7.02. The van der Waals surface area contributed by atoms with Crippen molar-refractivity contribution >= 4 is 0 Å². The fourth-order valence-electron chi connectivity index (χ4n) is 1.82. The van der Waals surface area contributed by atoms with Crippen molar-refractivity contribution in [2.45, 2.75) is 77.9 Å². The van der Waals surface area contributed by atoms with E-state index in [1.807, 2.05) is 6.92 Å². The van der Waals surface area contributed by atoms with Crippen molar-refractivity contribution in [1.82, 2.24) is 5.32 Å². The van der Waals surface area contributed by atoms with E-state index in [2.05, 4.69) is 26.1 Å². The van der Waals surface area contributed by atoms with Crippen LogP contribution in [0.1, 0.15) is 66.2 Å². The first-order valence-electron chi connectivity index (χ1n) is 6.47. The Morgan fingerprint density at radius 1 is 1.20 bits per heavy atom. The Bertz CT molecular complexity index is 145. The number of nitrogens with one attached hydrogen (secondary N) is 1. The molecule has 0 rings (SSSR count). The monoisotopic (exact) mass is 215 g/mol. The Kier molecular flexibility index (Phi) is 8.07. The minimum absolute atomic E-state index is 0.528. The summed E-state index contributed by atoms with van der Waals surface area (Å²) in [6, 6.07) is 0.528. The van der Waals surface area contributed by atoms with E-state index < -0.39 is 5.60 Å². The third-order valence-corrected chi connectivity index (χ3v) is 2.86. The fourth-order valence-corrected chi connectivity index (χ4v) is 1.82. The maximum atomic E-state index is 9.97. The van der Waals surface area contributed by atoms with E-state index in [-0.39, 0.29) is 0 Å². The van der Waals surface area contributed by atoms with Crippen LogP contribution in [-0.4, -0.2) is 23.3 Å². The van der Waals surface area contributed by atoms with Crippen LogP contribution in [0.2, 0.25) is 0 Å². The Balaban J connectivity index is 3.55. The molecule has 0 spiro atoms. The molecule has 2 atom stereocenters. The van der Waals surface area contributed by atoms with Gasteiger partial charge in [-0.15, -0.1) is 0 Å². The molecule has 2 unspecified atom stereocenters. The highest BCUT2D eigenvalue weighted by molar-refractivity contribution is 4.76. The molecule has 92 valence electrons. The van der Waals surface area contributed by atoms with E-state index in [1.54, 1.807) is 0 Å². The van der Waals surface area contributed by atoms with Crippen molar-refractivity contribution in [3.63, 3.8) is 0 Å². The second-order valence-corrected chi connectivity index (χ2v) is 5.02. The summed E-state index contributed by atoms with van der Waals surface area (Å²) in [7, 11) is 0. The number of unbranched alkanes of at least 4 members (excludes halogenated alkanes) is 2. The second kappa shape index (κ2) is 8.12. The van der Waals surface area contributed by atoms with E-state index in [1.165, 1.54) is 25.7 Å². The van der Waals surface area contributed by atoms with Gasteiger partial charge >= 0.3 is 0 Å². The summed E-state index contributed by atoms with van der Waals surface area (Å²) in [6.45, 7) is 9.18. The van der Waals surface area contributed by atoms with E-state index in [4.69, 9.17) is 0 Å². The lowest BCUT2D eigenvalue weighted by molar-refractivity contribution is 0.0473. The van der Waals surface area contributed by atoms with Crippen molar-refractivity contribution in [1.29, 1.82) is 0 Å². The SMILES string of the molecule is CCCCCC(C)NCC(C)(O)CCC. The molecular formula is C13H29NO. The summed E-state index contributed by atoms with van der Waals surface area (Å²) in [4.78, 5) is 0. The highest BCUT2D eigenvalue weighted by Crippen LogP contribution is 2.11. The maximum Gasteiger partial charge on any atom is 0.0743 e. The van der Waals surface area contributed by atoms with Crippen molar-refractivity contribution in [2.75, 3.05) is 6.54 Å². The molecule has 2 heteroatoms. The molecule has 0 aliphatic heterocycles. The van der Waals surface area contributed by atoms with E-state index in [9.17, 15) is 5.11 Å². The normalized spacial score (nSPS) is 17.4. The van der Waals surface area contributed by atoms with Gasteiger partial charge in [-0.05, 0) is 26.7 Å². The molecule has 15 heavy (non-hydrogen) atoms. The lowest BCUT2D eigenvalue weighted by Crippen LogP contribution is -2.41. The zero-order valence-corrected chi connectivity index (χ0v) is 11.0. The van der Waals surface area contributed by atoms with Gasteiger partial charge < -0.3 is 10.4 Å². The van der Waals surface area contributed by atoms with Gasteiger partial charge in [0.1, 0.15) is 0 Å². The van der Waals surface area contributed by atoms with E-state index >= 15 is 0 Å². The van der Waals surface area contributed by atoms with Gasteiger partial charge in [0.25, 0.3) is 0 Å². The highest BCUT2D eigenvalue weighted by Gasteiger charge is 2.19. The number of rotatable bonds is 9. The molecule has 0 amide bonds. The van der Waals surface area contributed by atoms with Gasteiger partial charge in [0, 0.05) is 12.6 Å². The van der Waals surface area contributed by atoms with Gasteiger partial charge in [-0.25, -0.2) is 0 Å². The minimum atomic E-state index is -0.534. The van der Waals surface area contributed by atoms with Crippen LogP contribution in [0.3, 0.4) is 0 Å². The Morgan fingerprint density at radius 3 is 2.40 bits per heavy atom. The van der Waals surface area contributed by atoms with Gasteiger partial charge in [-0.2, -0.15) is 0 Å². The molecule has 0 aromatic carbocycles. The molecule has 0 saturated carbocycles. The first kappa shape index (κ1) is 14.9. The molecule has 0 saturated heterocycles. The van der Waals surface area contributed by atoms with Crippen LogP contribution in [0.4, 0.5) is 0 Å². The van der Waals surface area contributed by atoms with Crippen molar-refractivity contribution in [3.8, 4) is 0 Å². The summed E-state index contributed by atoms with van der Waals surface area (Å²) in [5, 5.41) is 13.4. The zero-order chi connectivity index (χ0) is 11.7. The molecule has 0 aliphatic carbocycles. The Labute approximate surface area is 95.5 Å². The summed E-state index contributed by atoms with van der Waals surface area (Å²) in [5.74, 6) is 0. The van der Waals surface area contributed by atoms with Crippen LogP contribution in [-0.2, 0) is 0 Å². The van der Waals surface area contributed by atoms with Gasteiger partial charge in [0.05, 0.1) is 5.60 Å². The smallest absolute Gasteiger partial charge is 0.0743 e. The molecule has 2 nitrogen and oxygen atoms in total. The van der Waals surface area contributed by atoms with Gasteiger partial charge in [-0.3, -0.25) is 0 Å². The lowest BCUT2D eigenvalue weighted by Gasteiger charge is -2.25. The predicted molar refractivity (Wildman–Crippen MR) is 67.1 cm³/mol. The zero-order valence-electron chi connectivity index (χ0n) is 11.0. The molecule has 0 aromatic rings. The molecular weight excluding hydrogens is 186 g/mol.